The fraction of sp³-hybridized carbons (Fsp3) is 0.938. The number of hydrogen-bond acceptors (Lipinski definition) is 6. The van der Waals surface area contributed by atoms with Gasteiger partial charge in [0.2, 0.25) is 0 Å². The molecular weight excluding hydrogens is 476 g/mol. The Hall–Kier alpha value is -1.14. The molecule has 2 aliphatic rings. The van der Waals surface area contributed by atoms with Gasteiger partial charge in [-0.1, -0.05) is 39.5 Å². The number of nitrogens with zero attached hydrogens (tertiary/aromatic N) is 2. The molecule has 0 spiro atoms. The second-order valence-electron chi connectivity index (χ2n) is 14.4. The van der Waals surface area contributed by atoms with Crippen LogP contribution in [0.5, 0.6) is 0 Å². The van der Waals surface area contributed by atoms with E-state index in [0.717, 1.165) is 77.3 Å². The second-order valence-corrected chi connectivity index (χ2v) is 14.4. The molecule has 38 heavy (non-hydrogen) atoms. The van der Waals surface area contributed by atoms with Crippen LogP contribution in [0.2, 0.25) is 0 Å². The Morgan fingerprint density at radius 1 is 0.553 bits per heavy atom. The van der Waals surface area contributed by atoms with Crippen LogP contribution in [0.1, 0.15) is 146 Å². The van der Waals surface area contributed by atoms with Crippen LogP contribution in [-0.2, 0) is 19.1 Å². The average Bonchev–Trinajstić information content (AvgIpc) is 2.72. The maximum absolute atomic E-state index is 12.5. The summed E-state index contributed by atoms with van der Waals surface area (Å²) in [5.74, 6) is -0.101. The van der Waals surface area contributed by atoms with Gasteiger partial charge in [0.05, 0.1) is 0 Å². The standard InChI is InChI=1S/C32H60N2O4/c1-11-33-29(3,4)21-25(22-30(33,5)6)37-27(35)19-17-15-13-14-16-18-20-28(36)38-26-23-31(7,8)34(12-2)32(9,10)24-26/h25-26H,11-24H2,1-10H3. The summed E-state index contributed by atoms with van der Waals surface area (Å²) in [6.45, 7) is 24.5. The third-order valence-corrected chi connectivity index (χ3v) is 9.07. The lowest BCUT2D eigenvalue weighted by molar-refractivity contribution is -0.161. The summed E-state index contributed by atoms with van der Waals surface area (Å²) < 4.78 is 11.8. The molecule has 2 saturated heterocycles. The fourth-order valence-corrected chi connectivity index (χ4v) is 8.07. The van der Waals surface area contributed by atoms with Gasteiger partial charge in [0.1, 0.15) is 12.2 Å². The second kappa shape index (κ2) is 13.5. The number of likely N-dealkylation sites (tertiary alicyclic amines) is 2. The van der Waals surface area contributed by atoms with Gasteiger partial charge >= 0.3 is 11.9 Å². The van der Waals surface area contributed by atoms with Crippen LogP contribution >= 0.6 is 0 Å². The van der Waals surface area contributed by atoms with E-state index in [9.17, 15) is 9.59 Å². The number of carbonyl (C=O) groups is 2. The summed E-state index contributed by atoms with van der Waals surface area (Å²) in [5, 5.41) is 0. The zero-order valence-electron chi connectivity index (χ0n) is 26.6. The minimum absolute atomic E-state index is 0.00592. The molecule has 0 aliphatic carbocycles. The van der Waals surface area contributed by atoms with Crippen LogP contribution in [0, 0.1) is 0 Å². The Kier molecular flexibility index (Phi) is 11.7. The minimum Gasteiger partial charge on any atom is -0.462 e. The molecule has 6 heteroatoms. The maximum Gasteiger partial charge on any atom is 0.306 e. The lowest BCUT2D eigenvalue weighted by atomic mass is 9.78. The van der Waals surface area contributed by atoms with Gasteiger partial charge in [0.25, 0.3) is 0 Å². The quantitative estimate of drug-likeness (QED) is 0.182. The van der Waals surface area contributed by atoms with E-state index in [1.807, 2.05) is 0 Å². The molecule has 0 atom stereocenters. The molecule has 2 heterocycles. The van der Waals surface area contributed by atoms with Crippen molar-refractivity contribution in [1.82, 2.24) is 9.80 Å². The molecule has 0 aromatic heterocycles. The zero-order valence-corrected chi connectivity index (χ0v) is 26.6. The van der Waals surface area contributed by atoms with Gasteiger partial charge in [0.15, 0.2) is 0 Å². The highest BCUT2D eigenvalue weighted by atomic mass is 16.5. The summed E-state index contributed by atoms with van der Waals surface area (Å²) in [7, 11) is 0. The van der Waals surface area contributed by atoms with Crippen LogP contribution in [0.4, 0.5) is 0 Å². The molecule has 0 bridgehead atoms. The van der Waals surface area contributed by atoms with E-state index >= 15 is 0 Å². The van der Waals surface area contributed by atoms with Crippen molar-refractivity contribution in [3.63, 3.8) is 0 Å². The molecule has 2 aliphatic heterocycles. The topological polar surface area (TPSA) is 59.1 Å². The first-order valence-electron chi connectivity index (χ1n) is 15.5. The van der Waals surface area contributed by atoms with E-state index in [0.29, 0.717) is 12.8 Å². The van der Waals surface area contributed by atoms with Crippen molar-refractivity contribution in [3.05, 3.63) is 0 Å². The van der Waals surface area contributed by atoms with Crippen LogP contribution < -0.4 is 0 Å². The first kappa shape index (κ1) is 33.1. The van der Waals surface area contributed by atoms with Crippen molar-refractivity contribution < 1.29 is 19.1 Å². The van der Waals surface area contributed by atoms with Crippen molar-refractivity contribution in [1.29, 1.82) is 0 Å². The third-order valence-electron chi connectivity index (χ3n) is 9.07. The van der Waals surface area contributed by atoms with E-state index in [1.165, 1.54) is 0 Å². The maximum atomic E-state index is 12.5. The van der Waals surface area contributed by atoms with Crippen LogP contribution in [-0.4, -0.2) is 69.2 Å². The number of rotatable bonds is 13. The van der Waals surface area contributed by atoms with E-state index in [-0.39, 0.29) is 46.3 Å². The largest absolute Gasteiger partial charge is 0.462 e. The lowest BCUT2D eigenvalue weighted by Gasteiger charge is -2.54. The first-order valence-corrected chi connectivity index (χ1v) is 15.5. The summed E-state index contributed by atoms with van der Waals surface area (Å²) in [6, 6.07) is 0. The van der Waals surface area contributed by atoms with Crippen molar-refractivity contribution in [2.75, 3.05) is 13.1 Å². The van der Waals surface area contributed by atoms with Gasteiger partial charge in [-0.3, -0.25) is 19.4 Å². The molecule has 222 valence electrons. The van der Waals surface area contributed by atoms with Crippen LogP contribution in [0.3, 0.4) is 0 Å². The lowest BCUT2D eigenvalue weighted by Crippen LogP contribution is -2.62. The van der Waals surface area contributed by atoms with Crippen molar-refractivity contribution >= 4 is 11.9 Å². The number of unbranched alkanes of at least 4 members (excludes halogenated alkanes) is 5. The molecule has 0 saturated carbocycles. The Labute approximate surface area is 234 Å². The number of piperidine rings is 2. The van der Waals surface area contributed by atoms with Gasteiger partial charge in [0, 0.05) is 60.7 Å². The number of hydrogen-bond donors (Lipinski definition) is 0. The first-order chi connectivity index (χ1) is 17.5. The van der Waals surface area contributed by atoms with Gasteiger partial charge in [-0.2, -0.15) is 0 Å². The van der Waals surface area contributed by atoms with E-state index in [4.69, 9.17) is 9.47 Å². The summed E-state index contributed by atoms with van der Waals surface area (Å²) in [4.78, 5) is 30.0. The Morgan fingerprint density at radius 3 is 1.08 bits per heavy atom. The Morgan fingerprint density at radius 2 is 0.816 bits per heavy atom. The predicted molar refractivity (Wildman–Crippen MR) is 156 cm³/mol. The molecule has 0 N–H and O–H groups in total. The van der Waals surface area contributed by atoms with Gasteiger partial charge in [-0.15, -0.1) is 0 Å². The number of ether oxygens (including phenoxy) is 2. The highest BCUT2D eigenvalue weighted by Gasteiger charge is 2.46. The number of carbonyl (C=O) groups excluding carboxylic acids is 2. The molecule has 0 aromatic carbocycles. The van der Waals surface area contributed by atoms with E-state index < -0.39 is 0 Å². The van der Waals surface area contributed by atoms with Gasteiger partial charge in [-0.25, -0.2) is 0 Å². The van der Waals surface area contributed by atoms with E-state index in [2.05, 4.69) is 79.0 Å². The molecule has 0 unspecified atom stereocenters. The van der Waals surface area contributed by atoms with Gasteiger partial charge < -0.3 is 9.47 Å². The summed E-state index contributed by atoms with van der Waals surface area (Å²) in [5.41, 5.74) is 0.142. The molecule has 0 amide bonds. The average molecular weight is 537 g/mol. The number of esters is 2. The van der Waals surface area contributed by atoms with Crippen molar-refractivity contribution in [2.45, 2.75) is 181 Å². The summed E-state index contributed by atoms with van der Waals surface area (Å²) >= 11 is 0. The highest BCUT2D eigenvalue weighted by Crippen LogP contribution is 2.40. The van der Waals surface area contributed by atoms with Crippen LogP contribution in [0.25, 0.3) is 0 Å². The molecule has 2 fully saturated rings. The molecule has 6 nitrogen and oxygen atoms in total. The highest BCUT2D eigenvalue weighted by molar-refractivity contribution is 5.69. The monoisotopic (exact) mass is 536 g/mol. The minimum atomic E-state index is -0.0505. The van der Waals surface area contributed by atoms with Crippen molar-refractivity contribution in [3.8, 4) is 0 Å². The van der Waals surface area contributed by atoms with Crippen molar-refractivity contribution in [2.24, 2.45) is 0 Å². The predicted octanol–water partition coefficient (Wildman–Crippen LogP) is 7.28. The van der Waals surface area contributed by atoms with Crippen LogP contribution in [0.15, 0.2) is 0 Å². The SMILES string of the molecule is CCN1C(C)(C)CC(OC(=O)CCCCCCCCC(=O)OC2CC(C)(C)N(CC)C(C)(C)C2)CC1(C)C. The molecule has 0 radical (unpaired) electrons. The normalized spacial score (nSPS) is 23.7. The summed E-state index contributed by atoms with van der Waals surface area (Å²) in [6.07, 6.45) is 10.6. The Balaban J connectivity index is 1.57. The smallest absolute Gasteiger partial charge is 0.306 e. The fourth-order valence-electron chi connectivity index (χ4n) is 8.07. The zero-order chi connectivity index (χ0) is 28.8. The Bertz CT molecular complexity index is 673. The van der Waals surface area contributed by atoms with E-state index in [1.54, 1.807) is 0 Å². The molecule has 2 rings (SSSR count). The molecular formula is C32H60N2O4. The van der Waals surface area contributed by atoms with Gasteiger partial charge in [-0.05, 0) is 81.3 Å². The third kappa shape index (κ3) is 9.21. The molecule has 0 aromatic rings.